The first kappa shape index (κ1) is 12.9. The van der Waals surface area contributed by atoms with Crippen molar-refractivity contribution in [2.24, 2.45) is 0 Å². The van der Waals surface area contributed by atoms with Crippen molar-refractivity contribution in [2.45, 2.75) is 31.4 Å². The highest BCUT2D eigenvalue weighted by Crippen LogP contribution is 2.12. The second-order valence-corrected chi connectivity index (χ2v) is 3.97. The van der Waals surface area contributed by atoms with Crippen LogP contribution in [0.4, 0.5) is 0 Å². The molecule has 0 aromatic rings. The summed E-state index contributed by atoms with van der Waals surface area (Å²) in [5, 5.41) is 3.15. The molecule has 90 valence electrons. The van der Waals surface area contributed by atoms with Crippen molar-refractivity contribution >= 4 is 0 Å². The highest BCUT2D eigenvalue weighted by molar-refractivity contribution is 4.65. The van der Waals surface area contributed by atoms with Gasteiger partial charge in [0.25, 0.3) is 0 Å². The Morgan fingerprint density at radius 3 is 2.87 bits per heavy atom. The molecule has 0 aromatic heterocycles. The molecule has 0 aromatic carbocycles. The Morgan fingerprint density at radius 1 is 1.40 bits per heavy atom. The van der Waals surface area contributed by atoms with E-state index in [0.717, 1.165) is 13.0 Å². The minimum absolute atomic E-state index is 0.276. The molecule has 1 rings (SSSR count). The number of rotatable bonds is 7. The van der Waals surface area contributed by atoms with Crippen LogP contribution >= 0.6 is 0 Å². The van der Waals surface area contributed by atoms with Gasteiger partial charge >= 0.3 is 0 Å². The third-order valence-electron chi connectivity index (χ3n) is 2.67. The molecule has 1 fully saturated rings. The van der Waals surface area contributed by atoms with Crippen molar-refractivity contribution in [3.8, 4) is 0 Å². The first-order valence-electron chi connectivity index (χ1n) is 5.72. The quantitative estimate of drug-likeness (QED) is 0.685. The molecule has 1 aliphatic rings. The average molecular weight is 217 g/mol. The van der Waals surface area contributed by atoms with Crippen molar-refractivity contribution < 1.29 is 14.2 Å². The molecule has 0 radical (unpaired) electrons. The Hall–Kier alpha value is -0.160. The summed E-state index contributed by atoms with van der Waals surface area (Å²) < 4.78 is 16.3. The third-order valence-corrected chi connectivity index (χ3v) is 2.67. The van der Waals surface area contributed by atoms with Crippen molar-refractivity contribution in [3.63, 3.8) is 0 Å². The number of nitrogens with one attached hydrogen (secondary N) is 1. The van der Waals surface area contributed by atoms with Crippen LogP contribution in [0, 0.1) is 0 Å². The number of hydrogen-bond donors (Lipinski definition) is 1. The summed E-state index contributed by atoms with van der Waals surface area (Å²) in [7, 11) is 3.62. The van der Waals surface area contributed by atoms with E-state index in [-0.39, 0.29) is 6.04 Å². The molecular formula is C11H23NO3. The molecule has 1 saturated heterocycles. The minimum Gasteiger partial charge on any atom is -0.383 e. The van der Waals surface area contributed by atoms with Gasteiger partial charge in [-0.05, 0) is 26.3 Å². The molecule has 2 unspecified atom stereocenters. The van der Waals surface area contributed by atoms with Gasteiger partial charge in [0.05, 0.1) is 32.0 Å². The maximum absolute atomic E-state index is 5.61. The molecule has 1 aliphatic heterocycles. The van der Waals surface area contributed by atoms with E-state index in [4.69, 9.17) is 14.2 Å². The van der Waals surface area contributed by atoms with E-state index >= 15 is 0 Å². The first-order chi connectivity index (χ1) is 7.36. The summed E-state index contributed by atoms with van der Waals surface area (Å²) in [6.45, 7) is 2.97. The highest BCUT2D eigenvalue weighted by Gasteiger charge is 2.14. The Balaban J connectivity index is 2.03. The van der Waals surface area contributed by atoms with Crippen LogP contribution in [0.2, 0.25) is 0 Å². The Labute approximate surface area is 92.3 Å². The van der Waals surface area contributed by atoms with Crippen LogP contribution in [0.1, 0.15) is 19.3 Å². The van der Waals surface area contributed by atoms with Gasteiger partial charge in [0.15, 0.2) is 0 Å². The molecule has 0 amide bonds. The summed E-state index contributed by atoms with van der Waals surface area (Å²) in [5.41, 5.74) is 0. The van der Waals surface area contributed by atoms with E-state index in [2.05, 4.69) is 5.32 Å². The van der Waals surface area contributed by atoms with Crippen molar-refractivity contribution in [1.29, 1.82) is 0 Å². The first-order valence-corrected chi connectivity index (χ1v) is 5.72. The SMILES string of the molecule is CNC(COC)COCC1CCCCO1. The number of likely N-dealkylation sites (N-methyl/N-ethyl adjacent to an activating group) is 1. The number of ether oxygens (including phenoxy) is 3. The maximum atomic E-state index is 5.61. The Bertz CT molecular complexity index is 144. The molecule has 1 N–H and O–H groups in total. The lowest BCUT2D eigenvalue weighted by Crippen LogP contribution is -2.36. The van der Waals surface area contributed by atoms with Crippen LogP contribution in [-0.4, -0.2) is 52.7 Å². The summed E-state index contributed by atoms with van der Waals surface area (Å²) in [5.74, 6) is 0. The van der Waals surface area contributed by atoms with E-state index < -0.39 is 0 Å². The average Bonchev–Trinajstić information content (AvgIpc) is 2.29. The second-order valence-electron chi connectivity index (χ2n) is 3.97. The molecule has 0 aliphatic carbocycles. The zero-order chi connectivity index (χ0) is 10.9. The van der Waals surface area contributed by atoms with Gasteiger partial charge in [-0.2, -0.15) is 0 Å². The number of hydrogen-bond acceptors (Lipinski definition) is 4. The monoisotopic (exact) mass is 217 g/mol. The zero-order valence-electron chi connectivity index (χ0n) is 9.83. The van der Waals surface area contributed by atoms with Crippen LogP contribution in [0.15, 0.2) is 0 Å². The van der Waals surface area contributed by atoms with Crippen LogP contribution in [0.25, 0.3) is 0 Å². The van der Waals surface area contributed by atoms with Crippen molar-refractivity contribution in [1.82, 2.24) is 5.32 Å². The van der Waals surface area contributed by atoms with E-state index in [9.17, 15) is 0 Å². The second kappa shape index (κ2) is 8.05. The normalized spacial score (nSPS) is 24.0. The highest BCUT2D eigenvalue weighted by atomic mass is 16.5. The fourth-order valence-electron chi connectivity index (χ4n) is 1.70. The van der Waals surface area contributed by atoms with E-state index in [1.165, 1.54) is 12.8 Å². The lowest BCUT2D eigenvalue weighted by atomic mass is 10.1. The van der Waals surface area contributed by atoms with Crippen molar-refractivity contribution in [2.75, 3.05) is 40.6 Å². The van der Waals surface area contributed by atoms with Gasteiger partial charge in [0.1, 0.15) is 0 Å². The Kier molecular flexibility index (Phi) is 6.92. The lowest BCUT2D eigenvalue weighted by molar-refractivity contribution is -0.0467. The third kappa shape index (κ3) is 5.47. The summed E-state index contributed by atoms with van der Waals surface area (Å²) in [4.78, 5) is 0. The molecular weight excluding hydrogens is 194 g/mol. The predicted molar refractivity (Wildman–Crippen MR) is 59.1 cm³/mol. The maximum Gasteiger partial charge on any atom is 0.0808 e. The summed E-state index contributed by atoms with van der Waals surface area (Å²) >= 11 is 0. The smallest absolute Gasteiger partial charge is 0.0808 e. The molecule has 2 atom stereocenters. The molecule has 0 bridgehead atoms. The molecule has 0 saturated carbocycles. The Morgan fingerprint density at radius 2 is 2.27 bits per heavy atom. The van der Waals surface area contributed by atoms with E-state index in [0.29, 0.717) is 25.9 Å². The van der Waals surface area contributed by atoms with E-state index in [1.54, 1.807) is 7.11 Å². The van der Waals surface area contributed by atoms with Crippen LogP contribution in [0.3, 0.4) is 0 Å². The summed E-state index contributed by atoms with van der Waals surface area (Å²) in [6.07, 6.45) is 3.90. The van der Waals surface area contributed by atoms with Crippen molar-refractivity contribution in [3.05, 3.63) is 0 Å². The van der Waals surface area contributed by atoms with Gasteiger partial charge in [-0.1, -0.05) is 0 Å². The van der Waals surface area contributed by atoms with Gasteiger partial charge in [-0.15, -0.1) is 0 Å². The molecule has 0 spiro atoms. The number of methoxy groups -OCH3 is 1. The van der Waals surface area contributed by atoms with Crippen LogP contribution in [-0.2, 0) is 14.2 Å². The van der Waals surface area contributed by atoms with Gasteiger partial charge in [-0.3, -0.25) is 0 Å². The predicted octanol–water partition coefficient (Wildman–Crippen LogP) is 0.806. The fourth-order valence-corrected chi connectivity index (χ4v) is 1.70. The van der Waals surface area contributed by atoms with Gasteiger partial charge in [-0.25, -0.2) is 0 Å². The topological polar surface area (TPSA) is 39.7 Å². The van der Waals surface area contributed by atoms with Crippen LogP contribution in [0.5, 0.6) is 0 Å². The molecule has 4 nitrogen and oxygen atoms in total. The molecule has 4 heteroatoms. The minimum atomic E-state index is 0.276. The zero-order valence-corrected chi connectivity index (χ0v) is 9.83. The molecule has 1 heterocycles. The largest absolute Gasteiger partial charge is 0.383 e. The molecule has 15 heavy (non-hydrogen) atoms. The lowest BCUT2D eigenvalue weighted by Gasteiger charge is -2.23. The van der Waals surface area contributed by atoms with Gasteiger partial charge < -0.3 is 19.5 Å². The van der Waals surface area contributed by atoms with Gasteiger partial charge in [0, 0.05) is 13.7 Å². The van der Waals surface area contributed by atoms with E-state index in [1.807, 2.05) is 7.05 Å². The van der Waals surface area contributed by atoms with Gasteiger partial charge in [0.2, 0.25) is 0 Å². The van der Waals surface area contributed by atoms with Crippen LogP contribution < -0.4 is 5.32 Å². The fraction of sp³-hybridized carbons (Fsp3) is 1.00. The standard InChI is InChI=1S/C11H23NO3/c1-12-10(7-13-2)8-14-9-11-5-3-4-6-15-11/h10-12H,3-9H2,1-2H3. The summed E-state index contributed by atoms with van der Waals surface area (Å²) in [6, 6.07) is 0.276.